The Labute approximate surface area is 202 Å². The fourth-order valence-corrected chi connectivity index (χ4v) is 4.47. The van der Waals surface area contributed by atoms with Gasteiger partial charge >= 0.3 is 5.97 Å². The molecule has 0 atom stereocenters. The van der Waals surface area contributed by atoms with Gasteiger partial charge in [-0.1, -0.05) is 0 Å². The van der Waals surface area contributed by atoms with Gasteiger partial charge < -0.3 is 15.2 Å². The maximum Gasteiger partial charge on any atom is 0.306 e. The number of nitrogens with one attached hydrogen (secondary N) is 1. The number of ether oxygens (including phenoxy) is 1. The van der Waals surface area contributed by atoms with E-state index in [2.05, 4.69) is 5.32 Å². The van der Waals surface area contributed by atoms with Crippen molar-refractivity contribution in [2.45, 2.75) is 63.4 Å². The van der Waals surface area contributed by atoms with E-state index < -0.39 is 23.5 Å². The Bertz CT molecular complexity index is 1090. The highest BCUT2D eigenvalue weighted by molar-refractivity contribution is 5.96. The number of ketones is 1. The minimum absolute atomic E-state index is 0.0287. The number of carbonyl (C=O) groups is 3. The van der Waals surface area contributed by atoms with Gasteiger partial charge in [0, 0.05) is 18.5 Å². The quantitative estimate of drug-likeness (QED) is 0.354. The summed E-state index contributed by atoms with van der Waals surface area (Å²) in [6.07, 6.45) is 4.76. The van der Waals surface area contributed by atoms with E-state index in [0.29, 0.717) is 49.0 Å². The molecule has 2 aliphatic carbocycles. The van der Waals surface area contributed by atoms with Crippen molar-refractivity contribution in [2.24, 2.45) is 5.92 Å². The van der Waals surface area contributed by atoms with Crippen LogP contribution in [0.15, 0.2) is 36.4 Å². The van der Waals surface area contributed by atoms with Crippen LogP contribution >= 0.6 is 0 Å². The average molecular weight is 486 g/mol. The number of benzene rings is 2. The van der Waals surface area contributed by atoms with Crippen molar-refractivity contribution in [3.63, 3.8) is 0 Å². The summed E-state index contributed by atoms with van der Waals surface area (Å²) in [5.74, 6) is -2.47. The monoisotopic (exact) mass is 485 g/mol. The van der Waals surface area contributed by atoms with Crippen LogP contribution in [0.1, 0.15) is 83.6 Å². The first-order valence-electron chi connectivity index (χ1n) is 12.1. The Morgan fingerprint density at radius 1 is 0.943 bits per heavy atom. The van der Waals surface area contributed by atoms with Gasteiger partial charge in [-0.3, -0.25) is 14.4 Å². The molecule has 2 saturated carbocycles. The number of aliphatic carboxylic acids is 1. The number of hydrogen-bond donors (Lipinski definition) is 2. The molecule has 0 aliphatic heterocycles. The lowest BCUT2D eigenvalue weighted by molar-refractivity contribution is -0.143. The number of hydrogen-bond acceptors (Lipinski definition) is 4. The molecule has 186 valence electrons. The topological polar surface area (TPSA) is 92.7 Å². The molecule has 4 rings (SSSR count). The lowest BCUT2D eigenvalue weighted by Crippen LogP contribution is -2.27. The van der Waals surface area contributed by atoms with Crippen LogP contribution in [0.3, 0.4) is 0 Å². The number of halogens is 2. The van der Waals surface area contributed by atoms with Gasteiger partial charge in [0.05, 0.1) is 17.6 Å². The Morgan fingerprint density at radius 2 is 1.63 bits per heavy atom. The van der Waals surface area contributed by atoms with Crippen molar-refractivity contribution in [2.75, 3.05) is 6.54 Å². The van der Waals surface area contributed by atoms with E-state index in [-0.39, 0.29) is 42.3 Å². The SMILES string of the molecule is O=C(CCCNC(=O)c1cc(F)c(C2CC2)cc1F)c1ccc(OC2CCC(C(=O)O)CC2)cc1. The molecule has 0 unspecified atom stereocenters. The summed E-state index contributed by atoms with van der Waals surface area (Å²) in [5.41, 5.74) is 0.513. The van der Waals surface area contributed by atoms with Crippen molar-refractivity contribution < 1.29 is 33.0 Å². The number of amides is 1. The zero-order valence-electron chi connectivity index (χ0n) is 19.4. The predicted molar refractivity (Wildman–Crippen MR) is 125 cm³/mol. The van der Waals surface area contributed by atoms with Crippen LogP contribution < -0.4 is 10.1 Å². The molecule has 2 aromatic rings. The molecule has 8 heteroatoms. The second-order valence-corrected chi connectivity index (χ2v) is 9.36. The fourth-order valence-electron chi connectivity index (χ4n) is 4.47. The van der Waals surface area contributed by atoms with Gasteiger partial charge in [0.15, 0.2) is 5.78 Å². The van der Waals surface area contributed by atoms with Crippen LogP contribution in [0.5, 0.6) is 5.75 Å². The zero-order chi connectivity index (χ0) is 24.9. The maximum absolute atomic E-state index is 14.2. The lowest BCUT2D eigenvalue weighted by atomic mass is 9.87. The average Bonchev–Trinajstić information content (AvgIpc) is 3.69. The summed E-state index contributed by atoms with van der Waals surface area (Å²) in [6, 6.07) is 8.87. The third kappa shape index (κ3) is 6.44. The molecule has 2 N–H and O–H groups in total. The lowest BCUT2D eigenvalue weighted by Gasteiger charge is -2.26. The fraction of sp³-hybridized carbons (Fsp3) is 0.444. The van der Waals surface area contributed by atoms with Gasteiger partial charge in [-0.05, 0) is 92.8 Å². The highest BCUT2D eigenvalue weighted by atomic mass is 19.1. The summed E-state index contributed by atoms with van der Waals surface area (Å²) < 4.78 is 34.3. The smallest absolute Gasteiger partial charge is 0.306 e. The highest BCUT2D eigenvalue weighted by Gasteiger charge is 2.29. The van der Waals surface area contributed by atoms with E-state index in [1.54, 1.807) is 24.3 Å². The third-order valence-electron chi connectivity index (χ3n) is 6.72. The van der Waals surface area contributed by atoms with E-state index in [4.69, 9.17) is 9.84 Å². The van der Waals surface area contributed by atoms with E-state index in [1.165, 1.54) is 0 Å². The Morgan fingerprint density at radius 3 is 2.26 bits per heavy atom. The van der Waals surface area contributed by atoms with Gasteiger partial charge in [-0.15, -0.1) is 0 Å². The van der Waals surface area contributed by atoms with Crippen molar-refractivity contribution in [1.82, 2.24) is 5.32 Å². The van der Waals surface area contributed by atoms with Crippen LogP contribution in [0.25, 0.3) is 0 Å². The van der Waals surface area contributed by atoms with Crippen LogP contribution in [-0.2, 0) is 4.79 Å². The van der Waals surface area contributed by atoms with Gasteiger partial charge in [0.2, 0.25) is 0 Å². The van der Waals surface area contributed by atoms with Crippen molar-refractivity contribution >= 4 is 17.7 Å². The normalized spacial score (nSPS) is 19.7. The van der Waals surface area contributed by atoms with Crippen LogP contribution in [0.4, 0.5) is 8.78 Å². The largest absolute Gasteiger partial charge is 0.490 e. The summed E-state index contributed by atoms with van der Waals surface area (Å²) in [7, 11) is 0. The van der Waals surface area contributed by atoms with E-state index in [9.17, 15) is 23.2 Å². The molecule has 2 aliphatic rings. The third-order valence-corrected chi connectivity index (χ3v) is 6.72. The number of carboxylic acid groups (broad SMARTS) is 1. The molecule has 6 nitrogen and oxygen atoms in total. The van der Waals surface area contributed by atoms with Crippen molar-refractivity contribution in [1.29, 1.82) is 0 Å². The van der Waals surface area contributed by atoms with Gasteiger partial charge in [-0.25, -0.2) is 8.78 Å². The molecular formula is C27H29F2NO5. The first kappa shape index (κ1) is 24.8. The molecule has 0 aromatic heterocycles. The Hall–Kier alpha value is -3.29. The standard InChI is InChI=1S/C27H29F2NO5/c28-23-15-22(24(29)14-21(23)16-3-4-16)26(32)30-13-1-2-25(31)17-5-9-19(10-6-17)35-20-11-7-18(8-12-20)27(33)34/h5-6,9-10,14-16,18,20H,1-4,7-8,11-13H2,(H,30,32)(H,33,34). The Kier molecular flexibility index (Phi) is 7.78. The number of carbonyl (C=O) groups excluding carboxylic acids is 2. The minimum atomic E-state index is -0.755. The minimum Gasteiger partial charge on any atom is -0.490 e. The number of rotatable bonds is 10. The van der Waals surface area contributed by atoms with Gasteiger partial charge in [-0.2, -0.15) is 0 Å². The Balaban J connectivity index is 1.19. The molecular weight excluding hydrogens is 456 g/mol. The predicted octanol–water partition coefficient (Wildman–Crippen LogP) is 5.26. The molecule has 2 fully saturated rings. The van der Waals surface area contributed by atoms with Crippen LogP contribution in [0, 0.1) is 17.6 Å². The molecule has 35 heavy (non-hydrogen) atoms. The molecule has 0 heterocycles. The summed E-state index contributed by atoms with van der Waals surface area (Å²) >= 11 is 0. The molecule has 0 bridgehead atoms. The zero-order valence-corrected chi connectivity index (χ0v) is 19.4. The van der Waals surface area contributed by atoms with E-state index in [1.807, 2.05) is 0 Å². The van der Waals surface area contributed by atoms with Crippen molar-refractivity contribution in [3.8, 4) is 5.75 Å². The first-order valence-corrected chi connectivity index (χ1v) is 12.1. The maximum atomic E-state index is 14.2. The van der Waals surface area contributed by atoms with Crippen molar-refractivity contribution in [3.05, 3.63) is 64.7 Å². The first-order chi connectivity index (χ1) is 16.8. The molecule has 0 spiro atoms. The molecule has 0 radical (unpaired) electrons. The van der Waals surface area contributed by atoms with Crippen LogP contribution in [-0.4, -0.2) is 35.4 Å². The second kappa shape index (κ2) is 11.0. The summed E-state index contributed by atoms with van der Waals surface area (Å²) in [4.78, 5) is 35.7. The number of Topliss-reactive ketones (excluding diaryl/α,β-unsaturated/α-hetero) is 1. The van der Waals surface area contributed by atoms with Gasteiger partial charge in [0.25, 0.3) is 5.91 Å². The molecule has 1 amide bonds. The highest BCUT2D eigenvalue weighted by Crippen LogP contribution is 2.41. The molecule has 2 aromatic carbocycles. The number of carboxylic acids is 1. The second-order valence-electron chi connectivity index (χ2n) is 9.36. The summed E-state index contributed by atoms with van der Waals surface area (Å²) in [6.45, 7) is 0.163. The van der Waals surface area contributed by atoms with Crippen LogP contribution in [0.2, 0.25) is 0 Å². The summed E-state index contributed by atoms with van der Waals surface area (Å²) in [5, 5.41) is 11.6. The van der Waals surface area contributed by atoms with Gasteiger partial charge in [0.1, 0.15) is 17.4 Å². The van der Waals surface area contributed by atoms with E-state index in [0.717, 1.165) is 25.0 Å². The molecule has 0 saturated heterocycles. The van der Waals surface area contributed by atoms with E-state index >= 15 is 0 Å².